The zero-order valence-corrected chi connectivity index (χ0v) is 17.1. The molecule has 26 heavy (non-hydrogen) atoms. The van der Waals surface area contributed by atoms with Crippen molar-refractivity contribution in [2.75, 3.05) is 4.90 Å². The number of amides is 1. The van der Waals surface area contributed by atoms with Gasteiger partial charge in [0.2, 0.25) is 5.91 Å². The molecule has 1 aromatic carbocycles. The summed E-state index contributed by atoms with van der Waals surface area (Å²) in [7, 11) is 1.95. The van der Waals surface area contributed by atoms with Gasteiger partial charge in [0, 0.05) is 25.1 Å². The van der Waals surface area contributed by atoms with Crippen molar-refractivity contribution in [1.82, 2.24) is 19.7 Å². The lowest BCUT2D eigenvalue weighted by molar-refractivity contribution is -0.115. The Kier molecular flexibility index (Phi) is 5.43. The van der Waals surface area contributed by atoms with Crippen LogP contribution in [0, 0.1) is 20.8 Å². The van der Waals surface area contributed by atoms with Gasteiger partial charge in [-0.3, -0.25) is 9.69 Å². The molecule has 2 heterocycles. The first-order chi connectivity index (χ1) is 12.4. The third-order valence-electron chi connectivity index (χ3n) is 4.20. The van der Waals surface area contributed by atoms with E-state index in [1.54, 1.807) is 23.6 Å². The molecular weight excluding hydrogens is 366 g/mol. The molecule has 3 rings (SSSR count). The minimum Gasteiger partial charge on any atom is -0.309 e. The highest BCUT2D eigenvalue weighted by atomic mass is 32.2. The van der Waals surface area contributed by atoms with Crippen molar-refractivity contribution in [3.8, 4) is 0 Å². The molecule has 0 aliphatic heterocycles. The second-order valence-electron chi connectivity index (χ2n) is 6.12. The van der Waals surface area contributed by atoms with E-state index in [1.807, 2.05) is 49.0 Å². The van der Waals surface area contributed by atoms with Gasteiger partial charge in [0.25, 0.3) is 0 Å². The van der Waals surface area contributed by atoms with Crippen molar-refractivity contribution >= 4 is 39.8 Å². The van der Waals surface area contributed by atoms with Gasteiger partial charge in [0.05, 0.1) is 11.4 Å². The van der Waals surface area contributed by atoms with Crippen LogP contribution in [0.15, 0.2) is 28.7 Å². The highest BCUT2D eigenvalue weighted by Gasteiger charge is 2.18. The van der Waals surface area contributed by atoms with Gasteiger partial charge in [0.1, 0.15) is 5.82 Å². The molecule has 2 aromatic heterocycles. The number of thiazole rings is 1. The van der Waals surface area contributed by atoms with Crippen LogP contribution in [0.1, 0.15) is 29.6 Å². The summed E-state index contributed by atoms with van der Waals surface area (Å²) in [5.41, 5.74) is 4.12. The fourth-order valence-corrected chi connectivity index (χ4v) is 4.25. The number of carbonyl (C=O) groups is 1. The Morgan fingerprint density at radius 2 is 2.00 bits per heavy atom. The largest absolute Gasteiger partial charge is 0.309 e. The number of benzene rings is 1. The van der Waals surface area contributed by atoms with Crippen LogP contribution in [-0.2, 0) is 17.6 Å². The van der Waals surface area contributed by atoms with Crippen molar-refractivity contribution in [1.29, 1.82) is 0 Å². The Bertz CT molecular complexity index is 947. The van der Waals surface area contributed by atoms with E-state index < -0.39 is 0 Å². The molecule has 0 N–H and O–H groups in total. The van der Waals surface area contributed by atoms with Crippen LogP contribution in [0.4, 0.5) is 10.8 Å². The predicted molar refractivity (Wildman–Crippen MR) is 106 cm³/mol. The summed E-state index contributed by atoms with van der Waals surface area (Å²) in [6.07, 6.45) is 0. The second kappa shape index (κ2) is 7.59. The van der Waals surface area contributed by atoms with E-state index in [0.717, 1.165) is 27.9 Å². The first-order valence-electron chi connectivity index (χ1n) is 8.18. The van der Waals surface area contributed by atoms with E-state index >= 15 is 0 Å². The highest BCUT2D eigenvalue weighted by Crippen LogP contribution is 2.31. The summed E-state index contributed by atoms with van der Waals surface area (Å²) in [6.45, 7) is 7.59. The van der Waals surface area contributed by atoms with Crippen LogP contribution in [0.25, 0.3) is 0 Å². The Hall–Kier alpha value is -2.19. The molecule has 0 saturated carbocycles. The van der Waals surface area contributed by atoms with Crippen LogP contribution in [-0.4, -0.2) is 25.7 Å². The van der Waals surface area contributed by atoms with Gasteiger partial charge in [-0.25, -0.2) is 4.98 Å². The van der Waals surface area contributed by atoms with Gasteiger partial charge in [-0.2, -0.15) is 0 Å². The number of hydrogen-bond acceptors (Lipinski definition) is 6. The van der Waals surface area contributed by atoms with Crippen molar-refractivity contribution in [3.05, 3.63) is 46.2 Å². The fourth-order valence-electron chi connectivity index (χ4n) is 2.41. The standard InChI is InChI=1S/C18H21N5OS2/c1-11-6-7-16(8-12(11)2)23(14(4)24)17-19-15(9-25-17)10-26-18-21-20-13(3)22(18)5/h6-9H,10H2,1-5H3. The SMILES string of the molecule is CC(=O)N(c1ccc(C)c(C)c1)c1nc(CSc2nnc(C)n2C)cs1. The number of thioether (sulfide) groups is 1. The second-order valence-corrected chi connectivity index (χ2v) is 7.90. The molecule has 0 spiro atoms. The number of aromatic nitrogens is 4. The smallest absolute Gasteiger partial charge is 0.230 e. The highest BCUT2D eigenvalue weighted by molar-refractivity contribution is 7.98. The maximum atomic E-state index is 12.2. The lowest BCUT2D eigenvalue weighted by Crippen LogP contribution is -2.22. The van der Waals surface area contributed by atoms with Crippen molar-refractivity contribution in [2.24, 2.45) is 7.05 Å². The van der Waals surface area contributed by atoms with E-state index in [4.69, 9.17) is 0 Å². The predicted octanol–water partition coefficient (Wildman–Crippen LogP) is 4.17. The first kappa shape index (κ1) is 18.6. The maximum absolute atomic E-state index is 12.2. The maximum Gasteiger partial charge on any atom is 0.230 e. The Morgan fingerprint density at radius 1 is 1.23 bits per heavy atom. The third kappa shape index (κ3) is 3.81. The minimum atomic E-state index is -0.0502. The molecule has 0 radical (unpaired) electrons. The molecule has 6 nitrogen and oxygen atoms in total. The van der Waals surface area contributed by atoms with Gasteiger partial charge in [0.15, 0.2) is 10.3 Å². The van der Waals surface area contributed by atoms with Gasteiger partial charge in [-0.15, -0.1) is 21.5 Å². The summed E-state index contributed by atoms with van der Waals surface area (Å²) in [4.78, 5) is 18.6. The van der Waals surface area contributed by atoms with Gasteiger partial charge < -0.3 is 4.57 Å². The van der Waals surface area contributed by atoms with Gasteiger partial charge in [-0.1, -0.05) is 17.8 Å². The average Bonchev–Trinajstić information content (AvgIpc) is 3.17. The molecule has 0 saturated heterocycles. The molecule has 136 valence electrons. The number of carbonyl (C=O) groups excluding carboxylic acids is 1. The van der Waals surface area contributed by atoms with E-state index in [9.17, 15) is 4.79 Å². The molecule has 3 aromatic rings. The Morgan fingerprint density at radius 3 is 2.62 bits per heavy atom. The van der Waals surface area contributed by atoms with Crippen LogP contribution in [0.3, 0.4) is 0 Å². The topological polar surface area (TPSA) is 63.9 Å². The summed E-state index contributed by atoms with van der Waals surface area (Å²) < 4.78 is 1.95. The zero-order valence-electron chi connectivity index (χ0n) is 15.5. The quantitative estimate of drug-likeness (QED) is 0.615. The molecule has 0 unspecified atom stereocenters. The number of anilines is 2. The average molecular weight is 388 g/mol. The summed E-state index contributed by atoms with van der Waals surface area (Å²) in [6, 6.07) is 6.01. The van der Waals surface area contributed by atoms with Crippen LogP contribution in [0.2, 0.25) is 0 Å². The summed E-state index contributed by atoms with van der Waals surface area (Å²) >= 11 is 3.06. The van der Waals surface area contributed by atoms with Crippen LogP contribution in [0.5, 0.6) is 0 Å². The molecule has 0 atom stereocenters. The normalized spacial score (nSPS) is 11.0. The Labute approximate surface area is 161 Å². The van der Waals surface area contributed by atoms with Crippen molar-refractivity contribution in [2.45, 2.75) is 38.6 Å². The number of rotatable bonds is 5. The molecule has 0 aliphatic carbocycles. The van der Waals surface area contributed by atoms with Crippen LogP contribution >= 0.6 is 23.1 Å². The van der Waals surface area contributed by atoms with Gasteiger partial charge in [-0.05, 0) is 44.0 Å². The number of nitrogens with zero attached hydrogens (tertiary/aromatic N) is 5. The van der Waals surface area contributed by atoms with E-state index in [0.29, 0.717) is 10.9 Å². The summed E-state index contributed by atoms with van der Waals surface area (Å²) in [5.74, 6) is 1.51. The molecule has 0 fully saturated rings. The molecule has 0 aliphatic rings. The number of aryl methyl sites for hydroxylation is 3. The van der Waals surface area contributed by atoms with Crippen molar-refractivity contribution < 1.29 is 4.79 Å². The molecule has 0 bridgehead atoms. The Balaban J connectivity index is 1.80. The third-order valence-corrected chi connectivity index (χ3v) is 6.12. The van der Waals surface area contributed by atoms with Gasteiger partial charge >= 0.3 is 0 Å². The van der Waals surface area contributed by atoms with Crippen LogP contribution < -0.4 is 4.90 Å². The zero-order chi connectivity index (χ0) is 18.8. The molecule has 1 amide bonds. The fraction of sp³-hybridized carbons (Fsp3) is 0.333. The lowest BCUT2D eigenvalue weighted by Gasteiger charge is -2.19. The minimum absolute atomic E-state index is 0.0502. The van der Waals surface area contributed by atoms with Crippen molar-refractivity contribution in [3.63, 3.8) is 0 Å². The number of hydrogen-bond donors (Lipinski definition) is 0. The molecular formula is C18H21N5OS2. The van der Waals surface area contributed by atoms with E-state index in [-0.39, 0.29) is 5.91 Å². The lowest BCUT2D eigenvalue weighted by atomic mass is 10.1. The first-order valence-corrected chi connectivity index (χ1v) is 10.0. The summed E-state index contributed by atoms with van der Waals surface area (Å²) in [5, 5.41) is 11.7. The van der Waals surface area contributed by atoms with E-state index in [1.165, 1.54) is 16.9 Å². The van der Waals surface area contributed by atoms with E-state index in [2.05, 4.69) is 22.1 Å². The monoisotopic (exact) mass is 387 g/mol. The molecule has 8 heteroatoms.